The van der Waals surface area contributed by atoms with Gasteiger partial charge in [0.1, 0.15) is 17.9 Å². The highest BCUT2D eigenvalue weighted by molar-refractivity contribution is 7.99. The molecule has 0 unspecified atom stereocenters. The molecule has 1 aromatic carbocycles. The molecule has 0 saturated carbocycles. The highest BCUT2D eigenvalue weighted by Gasteiger charge is 2.07. The minimum atomic E-state index is -0.560. The molecule has 1 aromatic heterocycles. The first-order valence-electron chi connectivity index (χ1n) is 4.88. The van der Waals surface area contributed by atoms with Crippen molar-refractivity contribution in [3.05, 3.63) is 46.0 Å². The number of aromatic nitrogens is 2. The number of aldehydes is 1. The molecule has 0 aliphatic rings. The number of nitrogen functional groups attached to an aromatic ring is 1. The molecular formula is C11H8FN3O2S. The highest BCUT2D eigenvalue weighted by Crippen LogP contribution is 2.27. The van der Waals surface area contributed by atoms with Crippen LogP contribution < -0.4 is 11.3 Å². The summed E-state index contributed by atoms with van der Waals surface area (Å²) in [7, 11) is 0. The SMILES string of the molecule is Nc1cc(=O)[nH]c(Sc2ccc(C=O)cc2F)n1. The van der Waals surface area contributed by atoms with Gasteiger partial charge in [-0.3, -0.25) is 9.59 Å². The Morgan fingerprint density at radius 3 is 2.78 bits per heavy atom. The number of H-pyrrole nitrogens is 1. The number of carbonyl (C=O) groups is 1. The Bertz CT molecular complexity index is 657. The molecule has 0 radical (unpaired) electrons. The third kappa shape index (κ3) is 2.75. The Labute approximate surface area is 105 Å². The Morgan fingerprint density at radius 2 is 2.17 bits per heavy atom. The molecule has 0 saturated heterocycles. The number of nitrogens with two attached hydrogens (primary N) is 1. The van der Waals surface area contributed by atoms with Crippen LogP contribution in [0.15, 0.2) is 39.1 Å². The number of hydrogen-bond acceptors (Lipinski definition) is 5. The quantitative estimate of drug-likeness (QED) is 0.647. The number of anilines is 1. The van der Waals surface area contributed by atoms with Crippen molar-refractivity contribution in [3.8, 4) is 0 Å². The number of nitrogens with zero attached hydrogens (tertiary/aromatic N) is 1. The van der Waals surface area contributed by atoms with Gasteiger partial charge in [0.15, 0.2) is 5.16 Å². The van der Waals surface area contributed by atoms with Crippen LogP contribution in [0.5, 0.6) is 0 Å². The van der Waals surface area contributed by atoms with Gasteiger partial charge in [-0.2, -0.15) is 0 Å². The predicted molar refractivity (Wildman–Crippen MR) is 65.2 cm³/mol. The van der Waals surface area contributed by atoms with E-state index in [1.807, 2.05) is 0 Å². The Morgan fingerprint density at radius 1 is 1.39 bits per heavy atom. The normalized spacial score (nSPS) is 10.3. The summed E-state index contributed by atoms with van der Waals surface area (Å²) in [6, 6.07) is 5.16. The zero-order valence-corrected chi connectivity index (χ0v) is 9.83. The van der Waals surface area contributed by atoms with Crippen LogP contribution in [0.2, 0.25) is 0 Å². The van der Waals surface area contributed by atoms with E-state index in [-0.39, 0.29) is 21.4 Å². The van der Waals surface area contributed by atoms with E-state index in [2.05, 4.69) is 9.97 Å². The lowest BCUT2D eigenvalue weighted by Gasteiger charge is -2.03. The second-order valence-electron chi connectivity index (χ2n) is 3.39. The monoisotopic (exact) mass is 265 g/mol. The lowest BCUT2D eigenvalue weighted by Crippen LogP contribution is -2.09. The van der Waals surface area contributed by atoms with E-state index >= 15 is 0 Å². The maximum Gasteiger partial charge on any atom is 0.253 e. The molecule has 2 rings (SSSR count). The largest absolute Gasteiger partial charge is 0.383 e. The molecule has 3 N–H and O–H groups in total. The highest BCUT2D eigenvalue weighted by atomic mass is 32.2. The molecule has 1 heterocycles. The maximum atomic E-state index is 13.6. The van der Waals surface area contributed by atoms with Crippen molar-refractivity contribution in [2.75, 3.05) is 5.73 Å². The minimum Gasteiger partial charge on any atom is -0.383 e. The molecule has 18 heavy (non-hydrogen) atoms. The first-order chi connectivity index (χ1) is 8.58. The number of benzene rings is 1. The van der Waals surface area contributed by atoms with E-state index in [1.165, 1.54) is 12.1 Å². The van der Waals surface area contributed by atoms with Crippen LogP contribution in [0.25, 0.3) is 0 Å². The van der Waals surface area contributed by atoms with Crippen molar-refractivity contribution in [3.63, 3.8) is 0 Å². The second-order valence-corrected chi connectivity index (χ2v) is 4.42. The van der Waals surface area contributed by atoms with Crippen LogP contribution in [0.1, 0.15) is 10.4 Å². The van der Waals surface area contributed by atoms with E-state index in [0.29, 0.717) is 6.29 Å². The first kappa shape index (κ1) is 12.3. The van der Waals surface area contributed by atoms with Crippen LogP contribution in [0.3, 0.4) is 0 Å². The summed E-state index contributed by atoms with van der Waals surface area (Å²) < 4.78 is 13.6. The summed E-state index contributed by atoms with van der Waals surface area (Å²) in [6.45, 7) is 0. The molecule has 7 heteroatoms. The molecule has 5 nitrogen and oxygen atoms in total. The van der Waals surface area contributed by atoms with Gasteiger partial charge in [0.25, 0.3) is 5.56 Å². The van der Waals surface area contributed by atoms with Gasteiger partial charge in [0.2, 0.25) is 0 Å². The topological polar surface area (TPSA) is 88.8 Å². The average molecular weight is 265 g/mol. The lowest BCUT2D eigenvalue weighted by molar-refractivity contribution is 0.112. The van der Waals surface area contributed by atoms with E-state index in [4.69, 9.17) is 5.73 Å². The molecule has 0 aliphatic carbocycles. The summed E-state index contributed by atoms with van der Waals surface area (Å²) >= 11 is 0.924. The van der Waals surface area contributed by atoms with Crippen molar-refractivity contribution < 1.29 is 9.18 Å². The van der Waals surface area contributed by atoms with Crippen molar-refractivity contribution in [2.24, 2.45) is 0 Å². The van der Waals surface area contributed by atoms with Gasteiger partial charge in [-0.15, -0.1) is 0 Å². The smallest absolute Gasteiger partial charge is 0.253 e. The van der Waals surface area contributed by atoms with Gasteiger partial charge in [0.05, 0.1) is 4.90 Å². The maximum absolute atomic E-state index is 13.6. The van der Waals surface area contributed by atoms with Crippen LogP contribution >= 0.6 is 11.8 Å². The van der Waals surface area contributed by atoms with Gasteiger partial charge in [-0.25, -0.2) is 9.37 Å². The third-order valence-electron chi connectivity index (χ3n) is 2.04. The molecule has 0 spiro atoms. The molecule has 0 amide bonds. The van der Waals surface area contributed by atoms with Crippen LogP contribution in [0, 0.1) is 5.82 Å². The van der Waals surface area contributed by atoms with Crippen molar-refractivity contribution >= 4 is 23.9 Å². The minimum absolute atomic E-state index is 0.0613. The Balaban J connectivity index is 2.33. The molecule has 0 aliphatic heterocycles. The summed E-state index contributed by atoms with van der Waals surface area (Å²) in [5.41, 5.74) is 5.25. The summed E-state index contributed by atoms with van der Waals surface area (Å²) in [6.07, 6.45) is 0.554. The zero-order chi connectivity index (χ0) is 13.1. The molecule has 2 aromatic rings. The first-order valence-corrected chi connectivity index (χ1v) is 5.69. The molecule has 0 fully saturated rings. The van der Waals surface area contributed by atoms with Crippen LogP contribution in [-0.2, 0) is 0 Å². The Kier molecular flexibility index (Phi) is 3.42. The van der Waals surface area contributed by atoms with Gasteiger partial charge >= 0.3 is 0 Å². The van der Waals surface area contributed by atoms with Crippen LogP contribution in [-0.4, -0.2) is 16.3 Å². The summed E-state index contributed by atoms with van der Waals surface area (Å²) in [5, 5.41) is 0.192. The fourth-order valence-corrected chi connectivity index (χ4v) is 2.08. The van der Waals surface area contributed by atoms with Gasteiger partial charge < -0.3 is 10.7 Å². The molecule has 92 valence electrons. The standard InChI is InChI=1S/C11H8FN3O2S/c12-7-3-6(5-16)1-2-8(7)18-11-14-9(13)4-10(17)15-11/h1-5H,(H3,13,14,15,17). The van der Waals surface area contributed by atoms with E-state index < -0.39 is 11.4 Å². The fraction of sp³-hybridized carbons (Fsp3) is 0. The molecular weight excluding hydrogens is 257 g/mol. The van der Waals surface area contributed by atoms with Crippen molar-refractivity contribution in [1.82, 2.24) is 9.97 Å². The average Bonchev–Trinajstić information content (AvgIpc) is 2.30. The number of hydrogen-bond donors (Lipinski definition) is 2. The van der Waals surface area contributed by atoms with Gasteiger partial charge in [-0.05, 0) is 23.9 Å². The molecule has 0 bridgehead atoms. The number of carbonyl (C=O) groups excluding carboxylic acids is 1. The number of halogens is 1. The predicted octanol–water partition coefficient (Wildman–Crippen LogP) is 1.45. The van der Waals surface area contributed by atoms with E-state index in [0.717, 1.165) is 23.9 Å². The summed E-state index contributed by atoms with van der Waals surface area (Å²) in [5.74, 6) is -0.499. The molecule has 0 atom stereocenters. The van der Waals surface area contributed by atoms with E-state index in [9.17, 15) is 14.0 Å². The zero-order valence-electron chi connectivity index (χ0n) is 9.01. The van der Waals surface area contributed by atoms with Gasteiger partial charge in [-0.1, -0.05) is 6.07 Å². The second kappa shape index (κ2) is 5.01. The van der Waals surface area contributed by atoms with Crippen LogP contribution in [0.4, 0.5) is 10.2 Å². The third-order valence-corrected chi connectivity index (χ3v) is 2.98. The lowest BCUT2D eigenvalue weighted by atomic mass is 10.2. The number of aromatic amines is 1. The van der Waals surface area contributed by atoms with E-state index in [1.54, 1.807) is 0 Å². The van der Waals surface area contributed by atoms with Crippen molar-refractivity contribution in [1.29, 1.82) is 0 Å². The number of rotatable bonds is 3. The number of nitrogens with one attached hydrogen (secondary N) is 1. The Hall–Kier alpha value is -2.15. The van der Waals surface area contributed by atoms with Crippen molar-refractivity contribution in [2.45, 2.75) is 10.1 Å². The fourth-order valence-electron chi connectivity index (χ4n) is 1.28. The summed E-state index contributed by atoms with van der Waals surface area (Å²) in [4.78, 5) is 28.2. The van der Waals surface area contributed by atoms with Gasteiger partial charge in [0, 0.05) is 11.6 Å².